The lowest BCUT2D eigenvalue weighted by Crippen LogP contribution is -2.30. The highest BCUT2D eigenvalue weighted by Crippen LogP contribution is 2.28. The van der Waals surface area contributed by atoms with E-state index in [2.05, 4.69) is 15.1 Å². The number of nitrogens with zero attached hydrogens (tertiary/aromatic N) is 4. The summed E-state index contributed by atoms with van der Waals surface area (Å²) in [5, 5.41) is 4.06. The van der Waals surface area contributed by atoms with E-state index in [0.29, 0.717) is 24.7 Å². The number of amides is 1. The average Bonchev–Trinajstić information content (AvgIpc) is 3.34. The first-order valence-corrected chi connectivity index (χ1v) is 8.77. The highest BCUT2D eigenvalue weighted by Gasteiger charge is 2.31. The van der Waals surface area contributed by atoms with Crippen LogP contribution in [0.25, 0.3) is 11.4 Å². The lowest BCUT2D eigenvalue weighted by Gasteiger charge is -2.16. The molecule has 1 amide bonds. The quantitative estimate of drug-likeness (QED) is 0.725. The van der Waals surface area contributed by atoms with Gasteiger partial charge in [-0.2, -0.15) is 4.98 Å². The summed E-state index contributed by atoms with van der Waals surface area (Å²) in [6.45, 7) is 3.39. The number of hydrogen-bond acceptors (Lipinski definition) is 5. The van der Waals surface area contributed by atoms with Gasteiger partial charge in [0.15, 0.2) is 0 Å². The summed E-state index contributed by atoms with van der Waals surface area (Å²) in [4.78, 5) is 23.0. The van der Waals surface area contributed by atoms with Gasteiger partial charge in [-0.25, -0.2) is 0 Å². The fourth-order valence-electron chi connectivity index (χ4n) is 3.29. The van der Waals surface area contributed by atoms with Gasteiger partial charge in [0.05, 0.1) is 12.3 Å². The zero-order valence-corrected chi connectivity index (χ0v) is 14.6. The van der Waals surface area contributed by atoms with Crippen LogP contribution in [-0.2, 0) is 11.2 Å². The van der Waals surface area contributed by atoms with Crippen molar-refractivity contribution >= 4 is 5.91 Å². The Morgan fingerprint density at radius 2 is 2.04 bits per heavy atom. The molecule has 1 saturated heterocycles. The van der Waals surface area contributed by atoms with Crippen molar-refractivity contribution in [3.63, 3.8) is 0 Å². The highest BCUT2D eigenvalue weighted by atomic mass is 16.5. The van der Waals surface area contributed by atoms with Crippen molar-refractivity contribution in [2.75, 3.05) is 13.1 Å². The number of carbonyl (C=O) groups is 1. The Hall–Kier alpha value is -3.02. The van der Waals surface area contributed by atoms with E-state index in [1.54, 1.807) is 12.4 Å². The molecule has 0 saturated carbocycles. The molecule has 3 aromatic rings. The van der Waals surface area contributed by atoms with Crippen LogP contribution in [0.2, 0.25) is 0 Å². The number of pyridine rings is 1. The van der Waals surface area contributed by atoms with Gasteiger partial charge in [0, 0.05) is 31.0 Å². The molecule has 1 aliphatic heterocycles. The molecular weight excluding hydrogens is 328 g/mol. The summed E-state index contributed by atoms with van der Waals surface area (Å²) >= 11 is 0. The molecule has 26 heavy (non-hydrogen) atoms. The van der Waals surface area contributed by atoms with E-state index in [-0.39, 0.29) is 11.8 Å². The average molecular weight is 348 g/mol. The first kappa shape index (κ1) is 16.4. The predicted octanol–water partition coefficient (Wildman–Crippen LogP) is 3.00. The first-order valence-electron chi connectivity index (χ1n) is 8.77. The summed E-state index contributed by atoms with van der Waals surface area (Å²) < 4.78 is 5.45. The monoisotopic (exact) mass is 348 g/mol. The topological polar surface area (TPSA) is 72.1 Å². The second kappa shape index (κ2) is 7.07. The van der Waals surface area contributed by atoms with Crippen LogP contribution < -0.4 is 0 Å². The summed E-state index contributed by atoms with van der Waals surface area (Å²) in [5.41, 5.74) is 3.11. The Kier molecular flexibility index (Phi) is 4.48. The molecule has 132 valence electrons. The van der Waals surface area contributed by atoms with Crippen LogP contribution in [0, 0.1) is 6.92 Å². The van der Waals surface area contributed by atoms with Crippen LogP contribution in [0.3, 0.4) is 0 Å². The molecule has 0 aliphatic carbocycles. The maximum Gasteiger partial charge on any atom is 0.231 e. The van der Waals surface area contributed by atoms with Crippen molar-refractivity contribution < 1.29 is 9.32 Å². The van der Waals surface area contributed by atoms with Crippen molar-refractivity contribution in [1.29, 1.82) is 0 Å². The van der Waals surface area contributed by atoms with E-state index in [4.69, 9.17) is 4.52 Å². The van der Waals surface area contributed by atoms with E-state index < -0.39 is 0 Å². The van der Waals surface area contributed by atoms with E-state index >= 15 is 0 Å². The Labute approximate surface area is 151 Å². The van der Waals surface area contributed by atoms with Gasteiger partial charge >= 0.3 is 0 Å². The molecule has 1 unspecified atom stereocenters. The van der Waals surface area contributed by atoms with Crippen LogP contribution in [-0.4, -0.2) is 39.0 Å². The largest absolute Gasteiger partial charge is 0.342 e. The zero-order valence-electron chi connectivity index (χ0n) is 14.6. The Morgan fingerprint density at radius 1 is 1.23 bits per heavy atom. The zero-order chi connectivity index (χ0) is 17.9. The molecule has 1 aromatic carbocycles. The van der Waals surface area contributed by atoms with Crippen LogP contribution >= 0.6 is 0 Å². The summed E-state index contributed by atoms with van der Waals surface area (Å²) in [6.07, 6.45) is 4.68. The molecular formula is C20H20N4O2. The number of rotatable bonds is 4. The number of hydrogen-bond donors (Lipinski definition) is 0. The number of benzene rings is 1. The molecule has 1 fully saturated rings. The predicted molar refractivity (Wildman–Crippen MR) is 96.4 cm³/mol. The molecule has 1 aliphatic rings. The third-order valence-corrected chi connectivity index (χ3v) is 4.87. The van der Waals surface area contributed by atoms with Gasteiger partial charge in [-0.1, -0.05) is 29.4 Å². The van der Waals surface area contributed by atoms with Gasteiger partial charge in [-0.15, -0.1) is 0 Å². The fraction of sp³-hybridized carbons (Fsp3) is 0.300. The minimum absolute atomic E-state index is 0.0962. The summed E-state index contributed by atoms with van der Waals surface area (Å²) in [6, 6.07) is 11.7. The lowest BCUT2D eigenvalue weighted by atomic mass is 10.1. The van der Waals surface area contributed by atoms with Gasteiger partial charge in [-0.05, 0) is 36.6 Å². The van der Waals surface area contributed by atoms with Crippen molar-refractivity contribution in [1.82, 2.24) is 20.0 Å². The molecule has 6 nitrogen and oxygen atoms in total. The minimum Gasteiger partial charge on any atom is -0.342 e. The Balaban J connectivity index is 1.42. The van der Waals surface area contributed by atoms with Gasteiger partial charge in [0.1, 0.15) is 0 Å². The fourth-order valence-corrected chi connectivity index (χ4v) is 3.29. The number of likely N-dealkylation sites (tertiary alicyclic amines) is 1. The molecule has 0 bridgehead atoms. The van der Waals surface area contributed by atoms with Gasteiger partial charge in [0.25, 0.3) is 0 Å². The number of aromatic nitrogens is 3. The van der Waals surface area contributed by atoms with E-state index in [9.17, 15) is 4.79 Å². The maximum absolute atomic E-state index is 12.6. The summed E-state index contributed by atoms with van der Waals surface area (Å²) in [5.74, 6) is 1.41. The molecule has 0 spiro atoms. The number of carbonyl (C=O) groups excluding carboxylic acids is 1. The smallest absolute Gasteiger partial charge is 0.231 e. The molecule has 2 aromatic heterocycles. The van der Waals surface area contributed by atoms with Crippen molar-refractivity contribution in [2.24, 2.45) is 0 Å². The van der Waals surface area contributed by atoms with Crippen molar-refractivity contribution in [2.45, 2.75) is 25.7 Å². The van der Waals surface area contributed by atoms with Gasteiger partial charge in [0.2, 0.25) is 17.6 Å². The van der Waals surface area contributed by atoms with E-state index in [1.165, 1.54) is 0 Å². The molecule has 1 atom stereocenters. The highest BCUT2D eigenvalue weighted by molar-refractivity contribution is 5.79. The minimum atomic E-state index is 0.0962. The maximum atomic E-state index is 12.6. The SMILES string of the molecule is Cc1ccccc1CC(=O)N1CCC(c2nc(-c3ccncc3)no2)C1. The first-order chi connectivity index (χ1) is 12.7. The van der Waals surface area contributed by atoms with Gasteiger partial charge in [-0.3, -0.25) is 9.78 Å². The summed E-state index contributed by atoms with van der Waals surface area (Å²) in [7, 11) is 0. The van der Waals surface area contributed by atoms with Gasteiger partial charge < -0.3 is 9.42 Å². The third-order valence-electron chi connectivity index (χ3n) is 4.87. The standard InChI is InChI=1S/C20H20N4O2/c1-14-4-2-3-5-16(14)12-18(25)24-11-8-17(13-24)20-22-19(23-26-20)15-6-9-21-10-7-15/h2-7,9-10,17H,8,11-13H2,1H3. The molecule has 0 radical (unpaired) electrons. The second-order valence-electron chi connectivity index (χ2n) is 6.62. The number of aryl methyl sites for hydroxylation is 1. The molecule has 3 heterocycles. The Bertz CT molecular complexity index is 907. The van der Waals surface area contributed by atoms with E-state index in [1.807, 2.05) is 48.2 Å². The normalized spacial score (nSPS) is 16.8. The van der Waals surface area contributed by atoms with Crippen molar-refractivity contribution in [3.8, 4) is 11.4 Å². The lowest BCUT2D eigenvalue weighted by molar-refractivity contribution is -0.129. The molecule has 0 N–H and O–H groups in total. The van der Waals surface area contributed by atoms with Crippen LogP contribution in [0.15, 0.2) is 53.3 Å². The molecule has 6 heteroatoms. The van der Waals surface area contributed by atoms with Crippen LogP contribution in [0.5, 0.6) is 0 Å². The molecule has 4 rings (SSSR count). The van der Waals surface area contributed by atoms with Crippen LogP contribution in [0.1, 0.15) is 29.4 Å². The third kappa shape index (κ3) is 3.35. The van der Waals surface area contributed by atoms with E-state index in [0.717, 1.165) is 29.7 Å². The second-order valence-corrected chi connectivity index (χ2v) is 6.62. The van der Waals surface area contributed by atoms with Crippen molar-refractivity contribution in [3.05, 3.63) is 65.8 Å². The van der Waals surface area contributed by atoms with Crippen LogP contribution in [0.4, 0.5) is 0 Å². The Morgan fingerprint density at radius 3 is 2.85 bits per heavy atom.